The van der Waals surface area contributed by atoms with Crippen molar-refractivity contribution in [3.8, 4) is 11.5 Å². The van der Waals surface area contributed by atoms with Gasteiger partial charge in [0.15, 0.2) is 0 Å². The molecule has 154 valence electrons. The predicted octanol–water partition coefficient (Wildman–Crippen LogP) is 3.31. The first-order chi connectivity index (χ1) is 13.9. The lowest BCUT2D eigenvalue weighted by Crippen LogP contribution is -2.19. The number of carbonyl (C=O) groups excluding carboxylic acids is 2. The molecule has 0 spiro atoms. The van der Waals surface area contributed by atoms with Crippen LogP contribution in [-0.2, 0) is 9.59 Å². The number of nitro groups is 1. The molecular weight excluding hydrogens is 398 g/mol. The summed E-state index contributed by atoms with van der Waals surface area (Å²) < 4.78 is 10.4. The maximum absolute atomic E-state index is 12.1. The van der Waals surface area contributed by atoms with Crippen LogP contribution in [0.5, 0.6) is 11.5 Å². The minimum absolute atomic E-state index is 0.0380. The molecule has 0 aliphatic rings. The molecule has 0 saturated carbocycles. The number of amides is 2. The molecule has 0 aliphatic carbocycles. The van der Waals surface area contributed by atoms with Crippen LogP contribution < -0.4 is 20.1 Å². The second-order valence-electron chi connectivity index (χ2n) is 5.66. The summed E-state index contributed by atoms with van der Waals surface area (Å²) in [6, 6.07) is 11.2. The number of thioether (sulfide) groups is 1. The fourth-order valence-corrected chi connectivity index (χ4v) is 2.97. The van der Waals surface area contributed by atoms with Crippen LogP contribution in [-0.4, -0.2) is 42.0 Å². The molecule has 10 heteroatoms. The van der Waals surface area contributed by atoms with Crippen molar-refractivity contribution in [3.05, 3.63) is 52.6 Å². The maximum Gasteiger partial charge on any atom is 0.296 e. The van der Waals surface area contributed by atoms with Gasteiger partial charge in [0.1, 0.15) is 17.2 Å². The molecule has 0 unspecified atom stereocenters. The normalized spacial score (nSPS) is 10.1. The summed E-state index contributed by atoms with van der Waals surface area (Å²) in [5.41, 5.74) is 0.350. The summed E-state index contributed by atoms with van der Waals surface area (Å²) in [4.78, 5) is 34.7. The summed E-state index contributed by atoms with van der Waals surface area (Å²) >= 11 is 1.09. The summed E-state index contributed by atoms with van der Waals surface area (Å²) in [6.07, 6.45) is 0. The van der Waals surface area contributed by atoms with Gasteiger partial charge < -0.3 is 20.1 Å². The largest absolute Gasteiger partial charge is 0.496 e. The van der Waals surface area contributed by atoms with E-state index in [2.05, 4.69) is 10.6 Å². The third kappa shape index (κ3) is 6.68. The molecule has 0 radical (unpaired) electrons. The van der Waals surface area contributed by atoms with E-state index in [1.165, 1.54) is 25.3 Å². The third-order valence-electron chi connectivity index (χ3n) is 3.60. The molecule has 2 aromatic carbocycles. The Morgan fingerprint density at radius 2 is 1.72 bits per heavy atom. The Kier molecular flexibility index (Phi) is 8.28. The van der Waals surface area contributed by atoms with Crippen LogP contribution in [0.15, 0.2) is 42.5 Å². The van der Waals surface area contributed by atoms with E-state index in [-0.39, 0.29) is 28.8 Å². The molecule has 0 fully saturated rings. The van der Waals surface area contributed by atoms with Gasteiger partial charge in [0.2, 0.25) is 11.8 Å². The van der Waals surface area contributed by atoms with E-state index in [0.717, 1.165) is 11.8 Å². The van der Waals surface area contributed by atoms with Gasteiger partial charge in [-0.25, -0.2) is 0 Å². The molecule has 0 saturated heterocycles. The molecule has 9 nitrogen and oxygen atoms in total. The Bertz CT molecular complexity index is 890. The molecule has 0 bridgehead atoms. The monoisotopic (exact) mass is 419 g/mol. The average molecular weight is 419 g/mol. The van der Waals surface area contributed by atoms with E-state index in [1.54, 1.807) is 24.3 Å². The number of para-hydroxylation sites is 2. The van der Waals surface area contributed by atoms with Crippen LogP contribution in [0, 0.1) is 10.1 Å². The molecule has 0 atom stereocenters. The van der Waals surface area contributed by atoms with Gasteiger partial charge in [0, 0.05) is 0 Å². The highest BCUT2D eigenvalue weighted by Crippen LogP contribution is 2.29. The molecule has 29 heavy (non-hydrogen) atoms. The number of anilines is 2. The number of hydrogen-bond donors (Lipinski definition) is 2. The fourth-order valence-electron chi connectivity index (χ4n) is 2.36. The molecule has 0 aliphatic heterocycles. The van der Waals surface area contributed by atoms with Crippen LogP contribution in [0.1, 0.15) is 6.92 Å². The van der Waals surface area contributed by atoms with Crippen LogP contribution in [0.2, 0.25) is 0 Å². The van der Waals surface area contributed by atoms with Crippen molar-refractivity contribution in [2.24, 2.45) is 0 Å². The number of carbonyl (C=O) groups is 2. The highest BCUT2D eigenvalue weighted by Gasteiger charge is 2.17. The number of methoxy groups -OCH3 is 1. The van der Waals surface area contributed by atoms with E-state index < -0.39 is 10.8 Å². The zero-order valence-corrected chi connectivity index (χ0v) is 16.8. The highest BCUT2D eigenvalue weighted by atomic mass is 32.2. The number of nitrogens with one attached hydrogen (secondary N) is 2. The Morgan fingerprint density at radius 1 is 1.07 bits per heavy atom. The van der Waals surface area contributed by atoms with E-state index in [1.807, 2.05) is 6.92 Å². The quantitative estimate of drug-likeness (QED) is 0.448. The first-order valence-corrected chi connectivity index (χ1v) is 9.81. The first-order valence-electron chi connectivity index (χ1n) is 8.66. The Balaban J connectivity index is 1.86. The zero-order chi connectivity index (χ0) is 21.2. The number of benzene rings is 2. The van der Waals surface area contributed by atoms with Crippen molar-refractivity contribution in [1.29, 1.82) is 0 Å². The molecular formula is C19H21N3O6S. The minimum atomic E-state index is -0.603. The van der Waals surface area contributed by atoms with E-state index in [0.29, 0.717) is 23.8 Å². The van der Waals surface area contributed by atoms with Gasteiger partial charge in [0.05, 0.1) is 41.9 Å². The fraction of sp³-hybridized carbons (Fsp3) is 0.263. The van der Waals surface area contributed by atoms with Crippen molar-refractivity contribution in [2.45, 2.75) is 6.92 Å². The van der Waals surface area contributed by atoms with Gasteiger partial charge in [-0.3, -0.25) is 19.7 Å². The Hall–Kier alpha value is -3.27. The van der Waals surface area contributed by atoms with E-state index in [9.17, 15) is 19.7 Å². The SMILES string of the molecule is CCOc1ccccc1NC(=O)CSCC(=O)Nc1ccc(OC)cc1[N+](=O)[O-]. The van der Waals surface area contributed by atoms with Crippen LogP contribution in [0.4, 0.5) is 17.1 Å². The lowest BCUT2D eigenvalue weighted by molar-refractivity contribution is -0.384. The van der Waals surface area contributed by atoms with Crippen molar-refractivity contribution in [1.82, 2.24) is 0 Å². The van der Waals surface area contributed by atoms with Crippen LogP contribution in [0.3, 0.4) is 0 Å². The number of nitro benzene ring substituents is 1. The van der Waals surface area contributed by atoms with Gasteiger partial charge in [-0.1, -0.05) is 12.1 Å². The summed E-state index contributed by atoms with van der Waals surface area (Å²) in [7, 11) is 1.39. The molecule has 2 rings (SSSR count). The minimum Gasteiger partial charge on any atom is -0.496 e. The van der Waals surface area contributed by atoms with Gasteiger partial charge in [-0.15, -0.1) is 11.8 Å². The third-order valence-corrected chi connectivity index (χ3v) is 4.54. The smallest absolute Gasteiger partial charge is 0.296 e. The predicted molar refractivity (Wildman–Crippen MR) is 112 cm³/mol. The highest BCUT2D eigenvalue weighted by molar-refractivity contribution is 8.00. The zero-order valence-electron chi connectivity index (χ0n) is 16.0. The number of rotatable bonds is 10. The lowest BCUT2D eigenvalue weighted by atomic mass is 10.2. The second kappa shape index (κ2) is 10.9. The van der Waals surface area contributed by atoms with Gasteiger partial charge in [-0.05, 0) is 31.2 Å². The number of ether oxygens (including phenoxy) is 2. The number of hydrogen-bond acceptors (Lipinski definition) is 7. The van der Waals surface area contributed by atoms with Crippen molar-refractivity contribution in [2.75, 3.05) is 35.9 Å². The van der Waals surface area contributed by atoms with Crippen molar-refractivity contribution in [3.63, 3.8) is 0 Å². The Morgan fingerprint density at radius 3 is 2.34 bits per heavy atom. The second-order valence-corrected chi connectivity index (χ2v) is 6.64. The molecule has 0 heterocycles. The first kappa shape index (κ1) is 22.0. The van der Waals surface area contributed by atoms with Crippen molar-refractivity contribution >= 4 is 40.6 Å². The molecule has 2 amide bonds. The molecule has 2 aromatic rings. The van der Waals surface area contributed by atoms with Crippen molar-refractivity contribution < 1.29 is 24.0 Å². The average Bonchev–Trinajstić information content (AvgIpc) is 2.69. The maximum atomic E-state index is 12.1. The van der Waals surface area contributed by atoms with Crippen LogP contribution >= 0.6 is 11.8 Å². The van der Waals surface area contributed by atoms with E-state index in [4.69, 9.17) is 9.47 Å². The summed E-state index contributed by atoms with van der Waals surface area (Å²) in [5.74, 6) is 0.143. The Labute approximate surface area is 171 Å². The van der Waals surface area contributed by atoms with Gasteiger partial charge in [-0.2, -0.15) is 0 Å². The van der Waals surface area contributed by atoms with Gasteiger partial charge in [0.25, 0.3) is 5.69 Å². The van der Waals surface area contributed by atoms with Gasteiger partial charge >= 0.3 is 0 Å². The van der Waals surface area contributed by atoms with Crippen LogP contribution in [0.25, 0.3) is 0 Å². The molecule has 2 N–H and O–H groups in total. The molecule has 0 aromatic heterocycles. The summed E-state index contributed by atoms with van der Waals surface area (Å²) in [5, 5.41) is 16.4. The summed E-state index contributed by atoms with van der Waals surface area (Å²) in [6.45, 7) is 2.32. The number of nitrogens with zero attached hydrogens (tertiary/aromatic N) is 1. The van der Waals surface area contributed by atoms with E-state index >= 15 is 0 Å². The standard InChI is InChI=1S/C19H21N3O6S/c1-3-28-17-7-5-4-6-15(17)21-19(24)12-29-11-18(23)20-14-9-8-13(27-2)10-16(14)22(25)26/h4-10H,3,11-12H2,1-2H3,(H,20,23)(H,21,24). The topological polar surface area (TPSA) is 120 Å². The lowest BCUT2D eigenvalue weighted by Gasteiger charge is -2.11.